The molecular formula is C17H27N3O2. The average Bonchev–Trinajstić information content (AvgIpc) is 2.45. The molecule has 2 unspecified atom stereocenters. The van der Waals surface area contributed by atoms with Crippen molar-refractivity contribution in [1.29, 1.82) is 0 Å². The molecule has 22 heavy (non-hydrogen) atoms. The summed E-state index contributed by atoms with van der Waals surface area (Å²) in [6, 6.07) is 5.74. The third-order valence-electron chi connectivity index (χ3n) is 3.87. The van der Waals surface area contributed by atoms with Gasteiger partial charge in [-0.1, -0.05) is 18.9 Å². The van der Waals surface area contributed by atoms with Crippen LogP contribution in [0.4, 0.5) is 4.79 Å². The number of aromatic nitrogens is 1. The molecule has 0 bridgehead atoms. The number of pyridine rings is 1. The molecule has 1 aromatic rings. The lowest BCUT2D eigenvalue weighted by Gasteiger charge is -2.38. The number of hydrogen-bond donors (Lipinski definition) is 1. The van der Waals surface area contributed by atoms with Gasteiger partial charge in [0, 0.05) is 12.2 Å². The van der Waals surface area contributed by atoms with E-state index in [-0.39, 0.29) is 18.2 Å². The van der Waals surface area contributed by atoms with Crippen LogP contribution in [0.3, 0.4) is 0 Å². The minimum absolute atomic E-state index is 0.00461. The Morgan fingerprint density at radius 2 is 2.09 bits per heavy atom. The average molecular weight is 305 g/mol. The monoisotopic (exact) mass is 305 g/mol. The number of hydrogen-bond acceptors (Lipinski definition) is 4. The molecule has 1 aliphatic rings. The highest BCUT2D eigenvalue weighted by atomic mass is 16.6. The quantitative estimate of drug-likeness (QED) is 0.931. The van der Waals surface area contributed by atoms with Crippen molar-refractivity contribution >= 4 is 6.09 Å². The fourth-order valence-electron chi connectivity index (χ4n) is 2.83. The minimum atomic E-state index is -0.516. The second-order valence-corrected chi connectivity index (χ2v) is 6.94. The molecule has 122 valence electrons. The van der Waals surface area contributed by atoms with Gasteiger partial charge in [0.1, 0.15) is 5.60 Å². The topological polar surface area (TPSA) is 68.5 Å². The smallest absolute Gasteiger partial charge is 0.410 e. The van der Waals surface area contributed by atoms with Gasteiger partial charge < -0.3 is 10.5 Å². The van der Waals surface area contributed by atoms with E-state index >= 15 is 0 Å². The first-order valence-electron chi connectivity index (χ1n) is 8.02. The zero-order valence-corrected chi connectivity index (χ0v) is 13.8. The minimum Gasteiger partial charge on any atom is -0.444 e. The molecular weight excluding hydrogens is 278 g/mol. The van der Waals surface area contributed by atoms with Crippen molar-refractivity contribution in [2.75, 3.05) is 0 Å². The lowest BCUT2D eigenvalue weighted by molar-refractivity contribution is 0.00696. The Morgan fingerprint density at radius 3 is 2.68 bits per heavy atom. The van der Waals surface area contributed by atoms with Gasteiger partial charge in [-0.15, -0.1) is 0 Å². The van der Waals surface area contributed by atoms with E-state index in [1.807, 2.05) is 39.0 Å². The lowest BCUT2D eigenvalue weighted by atomic mass is 9.90. The number of rotatable bonds is 3. The maximum Gasteiger partial charge on any atom is 0.410 e. The Morgan fingerprint density at radius 1 is 1.36 bits per heavy atom. The van der Waals surface area contributed by atoms with Crippen molar-refractivity contribution in [2.45, 2.75) is 70.7 Å². The van der Waals surface area contributed by atoms with Crippen LogP contribution in [-0.2, 0) is 11.3 Å². The molecule has 5 heteroatoms. The molecule has 0 aromatic carbocycles. The number of carbonyl (C=O) groups excluding carboxylic acids is 1. The predicted molar refractivity (Wildman–Crippen MR) is 86.2 cm³/mol. The zero-order valence-electron chi connectivity index (χ0n) is 13.8. The van der Waals surface area contributed by atoms with Crippen molar-refractivity contribution < 1.29 is 9.53 Å². The maximum atomic E-state index is 12.6. The molecule has 5 nitrogen and oxygen atoms in total. The fraction of sp³-hybridized carbons (Fsp3) is 0.647. The molecule has 1 fully saturated rings. The highest BCUT2D eigenvalue weighted by molar-refractivity contribution is 5.68. The summed E-state index contributed by atoms with van der Waals surface area (Å²) in [6.07, 6.45) is 5.53. The molecule has 0 aliphatic heterocycles. The summed E-state index contributed by atoms with van der Waals surface area (Å²) in [5.74, 6) is 0. The van der Waals surface area contributed by atoms with Crippen LogP contribution in [0.5, 0.6) is 0 Å². The van der Waals surface area contributed by atoms with Crippen LogP contribution >= 0.6 is 0 Å². The third kappa shape index (κ3) is 4.70. The summed E-state index contributed by atoms with van der Waals surface area (Å²) < 4.78 is 5.58. The number of amides is 1. The van der Waals surface area contributed by atoms with Gasteiger partial charge in [-0.3, -0.25) is 9.88 Å². The summed E-state index contributed by atoms with van der Waals surface area (Å²) >= 11 is 0. The lowest BCUT2D eigenvalue weighted by Crippen LogP contribution is -2.52. The molecule has 2 N–H and O–H groups in total. The van der Waals surface area contributed by atoms with E-state index in [1.165, 1.54) is 0 Å². The van der Waals surface area contributed by atoms with E-state index in [0.717, 1.165) is 31.4 Å². The highest BCUT2D eigenvalue weighted by Gasteiger charge is 2.33. The van der Waals surface area contributed by atoms with E-state index in [0.29, 0.717) is 6.54 Å². The second-order valence-electron chi connectivity index (χ2n) is 6.94. The van der Waals surface area contributed by atoms with Crippen LogP contribution in [0.2, 0.25) is 0 Å². The molecule has 0 spiro atoms. The van der Waals surface area contributed by atoms with E-state index in [4.69, 9.17) is 10.5 Å². The molecule has 2 rings (SSSR count). The molecule has 1 amide bonds. The van der Waals surface area contributed by atoms with Gasteiger partial charge in [-0.05, 0) is 45.7 Å². The predicted octanol–water partition coefficient (Wildman–Crippen LogP) is 3.09. The molecule has 1 saturated carbocycles. The molecule has 1 heterocycles. The molecule has 2 atom stereocenters. The molecule has 0 radical (unpaired) electrons. The van der Waals surface area contributed by atoms with Gasteiger partial charge in [0.25, 0.3) is 0 Å². The van der Waals surface area contributed by atoms with E-state index in [1.54, 1.807) is 11.1 Å². The first-order chi connectivity index (χ1) is 10.4. The number of carbonyl (C=O) groups is 1. The summed E-state index contributed by atoms with van der Waals surface area (Å²) in [7, 11) is 0. The van der Waals surface area contributed by atoms with Crippen molar-refractivity contribution in [2.24, 2.45) is 5.73 Å². The van der Waals surface area contributed by atoms with Gasteiger partial charge in [-0.25, -0.2) is 4.79 Å². The highest BCUT2D eigenvalue weighted by Crippen LogP contribution is 2.25. The Kier molecular flexibility index (Phi) is 5.40. The maximum absolute atomic E-state index is 12.6. The number of nitrogens with zero attached hydrogens (tertiary/aromatic N) is 2. The van der Waals surface area contributed by atoms with Crippen LogP contribution < -0.4 is 5.73 Å². The number of nitrogens with two attached hydrogens (primary N) is 1. The normalized spacial score (nSPS) is 22.2. The van der Waals surface area contributed by atoms with Crippen LogP contribution in [0, 0.1) is 0 Å². The van der Waals surface area contributed by atoms with Crippen LogP contribution in [-0.4, -0.2) is 33.7 Å². The van der Waals surface area contributed by atoms with Gasteiger partial charge in [0.2, 0.25) is 0 Å². The Balaban J connectivity index is 2.17. The van der Waals surface area contributed by atoms with E-state index in [2.05, 4.69) is 4.98 Å². The van der Waals surface area contributed by atoms with Gasteiger partial charge in [0.15, 0.2) is 0 Å². The van der Waals surface area contributed by atoms with Crippen LogP contribution in [0.25, 0.3) is 0 Å². The summed E-state index contributed by atoms with van der Waals surface area (Å²) in [5.41, 5.74) is 6.60. The zero-order chi connectivity index (χ0) is 16.2. The first kappa shape index (κ1) is 16.7. The standard InChI is InChI=1S/C17H27N3O2/c1-17(2,3)22-16(21)20(12-13-8-6-7-11-19-13)15-10-5-4-9-14(15)18/h6-8,11,14-15H,4-5,9-10,12,18H2,1-3H3. The summed E-state index contributed by atoms with van der Waals surface area (Å²) in [6.45, 7) is 6.08. The van der Waals surface area contributed by atoms with E-state index < -0.39 is 5.60 Å². The van der Waals surface area contributed by atoms with Crippen molar-refractivity contribution in [3.63, 3.8) is 0 Å². The van der Waals surface area contributed by atoms with Gasteiger partial charge in [0.05, 0.1) is 18.3 Å². The molecule has 0 saturated heterocycles. The fourth-order valence-corrected chi connectivity index (χ4v) is 2.83. The van der Waals surface area contributed by atoms with E-state index in [9.17, 15) is 4.79 Å². The van der Waals surface area contributed by atoms with Crippen molar-refractivity contribution in [1.82, 2.24) is 9.88 Å². The SMILES string of the molecule is CC(C)(C)OC(=O)N(Cc1ccccn1)C1CCCCC1N. The molecule has 1 aliphatic carbocycles. The van der Waals surface area contributed by atoms with Crippen molar-refractivity contribution in [3.8, 4) is 0 Å². The summed E-state index contributed by atoms with van der Waals surface area (Å²) in [5, 5.41) is 0. The van der Waals surface area contributed by atoms with Crippen LogP contribution in [0.1, 0.15) is 52.1 Å². The first-order valence-corrected chi connectivity index (χ1v) is 8.02. The van der Waals surface area contributed by atoms with Crippen molar-refractivity contribution in [3.05, 3.63) is 30.1 Å². The largest absolute Gasteiger partial charge is 0.444 e. The van der Waals surface area contributed by atoms with Gasteiger partial charge >= 0.3 is 6.09 Å². The second kappa shape index (κ2) is 7.09. The van der Waals surface area contributed by atoms with Gasteiger partial charge in [-0.2, -0.15) is 0 Å². The summed E-state index contributed by atoms with van der Waals surface area (Å²) in [4.78, 5) is 18.7. The Hall–Kier alpha value is -1.62. The number of ether oxygens (including phenoxy) is 1. The molecule has 1 aromatic heterocycles. The third-order valence-corrected chi connectivity index (χ3v) is 3.87. The van der Waals surface area contributed by atoms with Crippen LogP contribution in [0.15, 0.2) is 24.4 Å². The Labute approximate surface area is 132 Å². The Bertz CT molecular complexity index is 484.